The first-order chi connectivity index (χ1) is 6.09. The Morgan fingerprint density at radius 3 is 2.62 bits per heavy atom. The Labute approximate surface area is 80.7 Å². The number of carbonyl (C=O) groups is 1. The molecule has 1 heterocycles. The van der Waals surface area contributed by atoms with Gasteiger partial charge in [-0.05, 0) is 19.3 Å². The van der Waals surface area contributed by atoms with Crippen LogP contribution < -0.4 is 0 Å². The summed E-state index contributed by atoms with van der Waals surface area (Å²) >= 11 is 0. The second-order valence-electron chi connectivity index (χ2n) is 4.35. The summed E-state index contributed by atoms with van der Waals surface area (Å²) in [6.45, 7) is 6.77. The zero-order valence-corrected chi connectivity index (χ0v) is 8.93. The van der Waals surface area contributed by atoms with Crippen molar-refractivity contribution in [2.75, 3.05) is 6.61 Å². The lowest BCUT2D eigenvalue weighted by molar-refractivity contribution is -0.138. The first-order valence-corrected chi connectivity index (χ1v) is 5.24. The molecule has 0 saturated carbocycles. The van der Waals surface area contributed by atoms with Gasteiger partial charge in [-0.15, -0.1) is 0 Å². The molecule has 1 aliphatic heterocycles. The Morgan fingerprint density at radius 2 is 2.15 bits per heavy atom. The SMILES string of the molecule is CCC(=O)C(C)(C)C1CCCCO1. The molecule has 1 unspecified atom stereocenters. The molecule has 1 atom stereocenters. The Bertz CT molecular complexity index is 179. The van der Waals surface area contributed by atoms with Crippen molar-refractivity contribution >= 4 is 5.78 Å². The van der Waals surface area contributed by atoms with Crippen LogP contribution in [0.3, 0.4) is 0 Å². The molecule has 1 rings (SSSR count). The molecule has 0 N–H and O–H groups in total. The maximum Gasteiger partial charge on any atom is 0.140 e. The van der Waals surface area contributed by atoms with Crippen molar-refractivity contribution in [1.82, 2.24) is 0 Å². The first-order valence-electron chi connectivity index (χ1n) is 5.24. The largest absolute Gasteiger partial charge is 0.377 e. The van der Waals surface area contributed by atoms with Crippen LogP contribution in [0.15, 0.2) is 0 Å². The van der Waals surface area contributed by atoms with Gasteiger partial charge in [-0.25, -0.2) is 0 Å². The van der Waals surface area contributed by atoms with Crippen LogP contribution in [0.1, 0.15) is 46.5 Å². The summed E-state index contributed by atoms with van der Waals surface area (Å²) in [6, 6.07) is 0. The smallest absolute Gasteiger partial charge is 0.140 e. The van der Waals surface area contributed by atoms with E-state index in [-0.39, 0.29) is 11.5 Å². The Morgan fingerprint density at radius 1 is 1.46 bits per heavy atom. The number of rotatable bonds is 3. The highest BCUT2D eigenvalue weighted by atomic mass is 16.5. The van der Waals surface area contributed by atoms with E-state index in [9.17, 15) is 4.79 Å². The van der Waals surface area contributed by atoms with Crippen LogP contribution in [0.25, 0.3) is 0 Å². The van der Waals surface area contributed by atoms with Crippen molar-refractivity contribution in [3.05, 3.63) is 0 Å². The quantitative estimate of drug-likeness (QED) is 0.673. The predicted molar refractivity (Wildman–Crippen MR) is 52.7 cm³/mol. The second-order valence-corrected chi connectivity index (χ2v) is 4.35. The van der Waals surface area contributed by atoms with E-state index in [1.165, 1.54) is 6.42 Å². The number of Topliss-reactive ketones (excluding diaryl/α,β-unsaturated/α-hetero) is 1. The van der Waals surface area contributed by atoms with Gasteiger partial charge in [0, 0.05) is 18.4 Å². The van der Waals surface area contributed by atoms with Crippen LogP contribution in [0.2, 0.25) is 0 Å². The normalized spacial score (nSPS) is 24.4. The third-order valence-electron chi connectivity index (χ3n) is 3.02. The van der Waals surface area contributed by atoms with Crippen LogP contribution in [0, 0.1) is 5.41 Å². The van der Waals surface area contributed by atoms with Gasteiger partial charge in [-0.2, -0.15) is 0 Å². The molecule has 76 valence electrons. The van der Waals surface area contributed by atoms with Crippen LogP contribution >= 0.6 is 0 Å². The van der Waals surface area contributed by atoms with Gasteiger partial charge in [0.05, 0.1) is 6.10 Å². The molecule has 1 aliphatic rings. The highest BCUT2D eigenvalue weighted by molar-refractivity contribution is 5.84. The average molecular weight is 184 g/mol. The van der Waals surface area contributed by atoms with Gasteiger partial charge in [0.15, 0.2) is 0 Å². The van der Waals surface area contributed by atoms with E-state index in [1.54, 1.807) is 0 Å². The summed E-state index contributed by atoms with van der Waals surface area (Å²) in [6.07, 6.45) is 4.15. The molecule has 0 amide bonds. The van der Waals surface area contributed by atoms with Crippen molar-refractivity contribution in [2.24, 2.45) is 5.41 Å². The number of ketones is 1. The lowest BCUT2D eigenvalue weighted by Gasteiger charge is -2.35. The molecule has 0 spiro atoms. The molecule has 2 heteroatoms. The van der Waals surface area contributed by atoms with E-state index >= 15 is 0 Å². The standard InChI is InChI=1S/C11H20O2/c1-4-9(12)11(2,3)10-7-5-6-8-13-10/h10H,4-8H2,1-3H3. The summed E-state index contributed by atoms with van der Waals surface area (Å²) in [4.78, 5) is 11.7. The maximum absolute atomic E-state index is 11.7. The topological polar surface area (TPSA) is 26.3 Å². The summed E-state index contributed by atoms with van der Waals surface area (Å²) in [7, 11) is 0. The van der Waals surface area contributed by atoms with Crippen molar-refractivity contribution in [1.29, 1.82) is 0 Å². The minimum atomic E-state index is -0.283. The molecule has 0 radical (unpaired) electrons. The van der Waals surface area contributed by atoms with Crippen LogP contribution in [-0.2, 0) is 9.53 Å². The van der Waals surface area contributed by atoms with Gasteiger partial charge in [-0.1, -0.05) is 20.8 Å². The van der Waals surface area contributed by atoms with Crippen molar-refractivity contribution in [3.8, 4) is 0 Å². The van der Waals surface area contributed by atoms with Crippen LogP contribution in [0.4, 0.5) is 0 Å². The third-order valence-corrected chi connectivity index (χ3v) is 3.02. The lowest BCUT2D eigenvalue weighted by atomic mass is 9.78. The van der Waals surface area contributed by atoms with Gasteiger partial charge in [-0.3, -0.25) is 4.79 Å². The van der Waals surface area contributed by atoms with Gasteiger partial charge in [0.25, 0.3) is 0 Å². The Kier molecular flexibility index (Phi) is 3.48. The first kappa shape index (κ1) is 10.7. The molecule has 1 saturated heterocycles. The zero-order chi connectivity index (χ0) is 9.90. The number of hydrogen-bond donors (Lipinski definition) is 0. The van der Waals surface area contributed by atoms with Crippen molar-refractivity contribution < 1.29 is 9.53 Å². The van der Waals surface area contributed by atoms with E-state index < -0.39 is 0 Å². The molecule has 2 nitrogen and oxygen atoms in total. The fourth-order valence-corrected chi connectivity index (χ4v) is 1.95. The summed E-state index contributed by atoms with van der Waals surface area (Å²) in [5, 5.41) is 0. The Hall–Kier alpha value is -0.370. The van der Waals surface area contributed by atoms with Crippen LogP contribution in [0.5, 0.6) is 0 Å². The highest BCUT2D eigenvalue weighted by Gasteiger charge is 2.36. The zero-order valence-electron chi connectivity index (χ0n) is 8.93. The Balaban J connectivity index is 2.60. The van der Waals surface area contributed by atoms with Gasteiger partial charge < -0.3 is 4.74 Å². The van der Waals surface area contributed by atoms with Gasteiger partial charge >= 0.3 is 0 Å². The summed E-state index contributed by atoms with van der Waals surface area (Å²) in [5.41, 5.74) is -0.283. The van der Waals surface area contributed by atoms with E-state index in [0.717, 1.165) is 19.4 Å². The fraction of sp³-hybridized carbons (Fsp3) is 0.909. The molecular weight excluding hydrogens is 164 g/mol. The minimum Gasteiger partial charge on any atom is -0.377 e. The molecule has 0 aromatic carbocycles. The molecule has 1 fully saturated rings. The van der Waals surface area contributed by atoms with E-state index in [1.807, 2.05) is 20.8 Å². The number of carbonyl (C=O) groups excluding carboxylic acids is 1. The fourth-order valence-electron chi connectivity index (χ4n) is 1.95. The second kappa shape index (κ2) is 4.23. The van der Waals surface area contributed by atoms with Gasteiger partial charge in [0.1, 0.15) is 5.78 Å². The van der Waals surface area contributed by atoms with Crippen LogP contribution in [-0.4, -0.2) is 18.5 Å². The third kappa shape index (κ3) is 2.31. The highest BCUT2D eigenvalue weighted by Crippen LogP contribution is 2.31. The van der Waals surface area contributed by atoms with Crippen molar-refractivity contribution in [2.45, 2.75) is 52.6 Å². The molecule has 0 aliphatic carbocycles. The molecule has 0 bridgehead atoms. The van der Waals surface area contributed by atoms with E-state index in [2.05, 4.69) is 0 Å². The van der Waals surface area contributed by atoms with Crippen molar-refractivity contribution in [3.63, 3.8) is 0 Å². The number of hydrogen-bond acceptors (Lipinski definition) is 2. The van der Waals surface area contributed by atoms with E-state index in [0.29, 0.717) is 12.2 Å². The molecule has 0 aromatic heterocycles. The average Bonchev–Trinajstić information content (AvgIpc) is 2.18. The number of ether oxygens (including phenoxy) is 1. The van der Waals surface area contributed by atoms with E-state index in [4.69, 9.17) is 4.74 Å². The predicted octanol–water partition coefficient (Wildman–Crippen LogP) is 2.56. The molecular formula is C11H20O2. The van der Waals surface area contributed by atoms with Gasteiger partial charge in [0.2, 0.25) is 0 Å². The monoisotopic (exact) mass is 184 g/mol. The molecule has 0 aromatic rings. The molecule has 13 heavy (non-hydrogen) atoms. The maximum atomic E-state index is 11.7. The lowest BCUT2D eigenvalue weighted by Crippen LogP contribution is -2.40. The summed E-state index contributed by atoms with van der Waals surface area (Å²) < 4.78 is 5.64. The minimum absolute atomic E-state index is 0.147. The summed E-state index contributed by atoms with van der Waals surface area (Å²) in [5.74, 6) is 0.319.